The van der Waals surface area contributed by atoms with Crippen molar-refractivity contribution >= 4 is 11.8 Å². The number of amides is 2. The molecule has 118 valence electrons. The first-order valence-electron chi connectivity index (χ1n) is 7.55. The molecule has 4 N–H and O–H groups in total. The van der Waals surface area contributed by atoms with Crippen molar-refractivity contribution in [3.8, 4) is 0 Å². The zero-order valence-corrected chi connectivity index (χ0v) is 12.4. The van der Waals surface area contributed by atoms with E-state index < -0.39 is 0 Å². The SMILES string of the molecule is NC1CC(C(=O)N2CCN(C(=O)c3ccccc3)CC2)NN1. The van der Waals surface area contributed by atoms with Gasteiger partial charge >= 0.3 is 0 Å². The number of nitrogens with one attached hydrogen (secondary N) is 2. The maximum absolute atomic E-state index is 12.4. The smallest absolute Gasteiger partial charge is 0.253 e. The zero-order chi connectivity index (χ0) is 15.5. The highest BCUT2D eigenvalue weighted by Crippen LogP contribution is 2.11. The second kappa shape index (κ2) is 6.43. The number of nitrogens with two attached hydrogens (primary N) is 1. The molecule has 3 rings (SSSR count). The Morgan fingerprint density at radius 1 is 1.00 bits per heavy atom. The molecular formula is C15H21N5O2. The standard InChI is InChI=1S/C15H21N5O2/c16-13-10-12(17-18-13)15(22)20-8-6-19(7-9-20)14(21)11-4-2-1-3-5-11/h1-5,12-13,17-18H,6-10,16H2. The average Bonchev–Trinajstić information content (AvgIpc) is 3.01. The first-order valence-corrected chi connectivity index (χ1v) is 7.55. The van der Waals surface area contributed by atoms with Gasteiger partial charge in [-0.05, 0) is 12.1 Å². The molecule has 0 radical (unpaired) electrons. The van der Waals surface area contributed by atoms with E-state index in [1.54, 1.807) is 9.80 Å². The maximum atomic E-state index is 12.4. The van der Waals surface area contributed by atoms with Gasteiger partial charge in [-0.2, -0.15) is 0 Å². The van der Waals surface area contributed by atoms with Gasteiger partial charge < -0.3 is 15.5 Å². The van der Waals surface area contributed by atoms with E-state index in [-0.39, 0.29) is 24.0 Å². The van der Waals surface area contributed by atoms with Gasteiger partial charge in [0.15, 0.2) is 0 Å². The van der Waals surface area contributed by atoms with Crippen LogP contribution in [0.3, 0.4) is 0 Å². The lowest BCUT2D eigenvalue weighted by atomic mass is 10.1. The fourth-order valence-corrected chi connectivity index (χ4v) is 2.86. The van der Waals surface area contributed by atoms with Gasteiger partial charge in [0.2, 0.25) is 5.91 Å². The number of carbonyl (C=O) groups is 2. The quantitative estimate of drug-likeness (QED) is 0.660. The Kier molecular flexibility index (Phi) is 4.37. The van der Waals surface area contributed by atoms with Crippen molar-refractivity contribution in [1.82, 2.24) is 20.7 Å². The van der Waals surface area contributed by atoms with Crippen molar-refractivity contribution in [2.45, 2.75) is 18.6 Å². The van der Waals surface area contributed by atoms with Crippen LogP contribution in [0.4, 0.5) is 0 Å². The highest BCUT2D eigenvalue weighted by atomic mass is 16.2. The molecule has 1 aromatic carbocycles. The van der Waals surface area contributed by atoms with Gasteiger partial charge in [-0.3, -0.25) is 9.59 Å². The fraction of sp³-hybridized carbons (Fsp3) is 0.467. The largest absolute Gasteiger partial charge is 0.338 e. The number of piperazine rings is 1. The lowest BCUT2D eigenvalue weighted by Gasteiger charge is -2.35. The summed E-state index contributed by atoms with van der Waals surface area (Å²) < 4.78 is 0. The second-order valence-electron chi connectivity index (χ2n) is 5.67. The Hall–Kier alpha value is -1.96. The van der Waals surface area contributed by atoms with E-state index in [4.69, 9.17) is 5.73 Å². The predicted molar refractivity (Wildman–Crippen MR) is 81.6 cm³/mol. The molecule has 2 heterocycles. The number of hydrogen-bond acceptors (Lipinski definition) is 5. The summed E-state index contributed by atoms with van der Waals surface area (Å²) in [6, 6.07) is 8.96. The zero-order valence-electron chi connectivity index (χ0n) is 12.4. The number of hydrogen-bond donors (Lipinski definition) is 3. The van der Waals surface area contributed by atoms with E-state index in [1.807, 2.05) is 30.3 Å². The number of benzene rings is 1. The molecule has 7 heteroatoms. The van der Waals surface area contributed by atoms with E-state index in [0.29, 0.717) is 38.2 Å². The van der Waals surface area contributed by atoms with Gasteiger partial charge in [-0.25, -0.2) is 10.9 Å². The average molecular weight is 303 g/mol. The molecule has 2 atom stereocenters. The lowest BCUT2D eigenvalue weighted by Crippen LogP contribution is -2.54. The third-order valence-electron chi connectivity index (χ3n) is 4.13. The first-order chi connectivity index (χ1) is 10.6. The van der Waals surface area contributed by atoms with E-state index in [1.165, 1.54) is 0 Å². The third kappa shape index (κ3) is 3.11. The van der Waals surface area contributed by atoms with Crippen molar-refractivity contribution in [3.05, 3.63) is 35.9 Å². The number of carbonyl (C=O) groups excluding carboxylic acids is 2. The highest BCUT2D eigenvalue weighted by Gasteiger charge is 2.32. The molecule has 0 aliphatic carbocycles. The molecule has 1 aromatic rings. The minimum Gasteiger partial charge on any atom is -0.338 e. The van der Waals surface area contributed by atoms with Crippen LogP contribution in [0.15, 0.2) is 30.3 Å². The summed E-state index contributed by atoms with van der Waals surface area (Å²) in [7, 11) is 0. The summed E-state index contributed by atoms with van der Waals surface area (Å²) in [6.45, 7) is 2.24. The summed E-state index contributed by atoms with van der Waals surface area (Å²) >= 11 is 0. The van der Waals surface area contributed by atoms with Gasteiger partial charge in [0, 0.05) is 38.2 Å². The molecule has 2 fully saturated rings. The summed E-state index contributed by atoms with van der Waals surface area (Å²) in [5.41, 5.74) is 12.2. The Labute approximate surface area is 129 Å². The normalized spacial score (nSPS) is 25.3. The Morgan fingerprint density at radius 3 is 2.23 bits per heavy atom. The van der Waals surface area contributed by atoms with Crippen LogP contribution in [0.5, 0.6) is 0 Å². The fourth-order valence-electron chi connectivity index (χ4n) is 2.86. The summed E-state index contributed by atoms with van der Waals surface area (Å²) in [6.07, 6.45) is 0.400. The molecule has 2 unspecified atom stereocenters. The molecule has 2 aliphatic rings. The van der Waals surface area contributed by atoms with Gasteiger partial charge in [0.05, 0.1) is 6.17 Å². The van der Waals surface area contributed by atoms with Gasteiger partial charge in [-0.15, -0.1) is 0 Å². The van der Waals surface area contributed by atoms with E-state index in [2.05, 4.69) is 10.9 Å². The van der Waals surface area contributed by atoms with Crippen molar-refractivity contribution in [3.63, 3.8) is 0 Å². The molecular weight excluding hydrogens is 282 g/mol. The van der Waals surface area contributed by atoms with Crippen molar-refractivity contribution in [2.75, 3.05) is 26.2 Å². The molecule has 7 nitrogen and oxygen atoms in total. The Bertz CT molecular complexity index is 542. The van der Waals surface area contributed by atoms with Crippen LogP contribution < -0.4 is 16.6 Å². The van der Waals surface area contributed by atoms with Crippen LogP contribution in [-0.4, -0.2) is 60.0 Å². The van der Waals surface area contributed by atoms with Gasteiger partial charge in [0.1, 0.15) is 6.04 Å². The van der Waals surface area contributed by atoms with Gasteiger partial charge in [-0.1, -0.05) is 18.2 Å². The monoisotopic (exact) mass is 303 g/mol. The first kappa shape index (κ1) is 15.0. The van der Waals surface area contributed by atoms with Gasteiger partial charge in [0.25, 0.3) is 5.91 Å². The molecule has 2 saturated heterocycles. The second-order valence-corrected chi connectivity index (χ2v) is 5.67. The number of rotatable bonds is 2. The Balaban J connectivity index is 1.54. The molecule has 22 heavy (non-hydrogen) atoms. The highest BCUT2D eigenvalue weighted by molar-refractivity contribution is 5.94. The summed E-state index contributed by atoms with van der Waals surface area (Å²) in [5.74, 6) is 0.0719. The molecule has 2 amide bonds. The topological polar surface area (TPSA) is 90.7 Å². The van der Waals surface area contributed by atoms with Crippen molar-refractivity contribution in [2.24, 2.45) is 5.73 Å². The van der Waals surface area contributed by atoms with E-state index in [9.17, 15) is 9.59 Å². The molecule has 0 aromatic heterocycles. The number of nitrogens with zero attached hydrogens (tertiary/aromatic N) is 2. The number of hydrazine groups is 1. The minimum atomic E-state index is -0.272. The summed E-state index contributed by atoms with van der Waals surface area (Å²) in [5, 5.41) is 0. The van der Waals surface area contributed by atoms with Crippen molar-refractivity contribution < 1.29 is 9.59 Å². The van der Waals surface area contributed by atoms with Crippen LogP contribution >= 0.6 is 0 Å². The molecule has 0 spiro atoms. The van der Waals surface area contributed by atoms with Crippen LogP contribution in [0.25, 0.3) is 0 Å². The van der Waals surface area contributed by atoms with E-state index >= 15 is 0 Å². The van der Waals surface area contributed by atoms with Crippen LogP contribution in [0.2, 0.25) is 0 Å². The predicted octanol–water partition coefficient (Wildman–Crippen LogP) is -0.878. The van der Waals surface area contributed by atoms with Crippen molar-refractivity contribution in [1.29, 1.82) is 0 Å². The molecule has 0 bridgehead atoms. The Morgan fingerprint density at radius 2 is 1.64 bits per heavy atom. The molecule has 0 saturated carbocycles. The lowest BCUT2D eigenvalue weighted by molar-refractivity contribution is -0.134. The minimum absolute atomic E-state index is 0.0235. The summed E-state index contributed by atoms with van der Waals surface area (Å²) in [4.78, 5) is 28.3. The maximum Gasteiger partial charge on any atom is 0.253 e. The van der Waals surface area contributed by atoms with Crippen LogP contribution in [-0.2, 0) is 4.79 Å². The van der Waals surface area contributed by atoms with Crippen LogP contribution in [0, 0.1) is 0 Å². The third-order valence-corrected chi connectivity index (χ3v) is 4.13. The molecule has 2 aliphatic heterocycles. The van der Waals surface area contributed by atoms with E-state index in [0.717, 1.165) is 0 Å². The van der Waals surface area contributed by atoms with Crippen LogP contribution in [0.1, 0.15) is 16.8 Å².